The zero-order valence-corrected chi connectivity index (χ0v) is 10.4. The molecule has 0 bridgehead atoms. The molecule has 3 rings (SSSR count). The van der Waals surface area contributed by atoms with Gasteiger partial charge in [0.1, 0.15) is 5.54 Å². The molecule has 0 saturated carbocycles. The highest BCUT2D eigenvalue weighted by Crippen LogP contribution is 2.32. The fourth-order valence-electron chi connectivity index (χ4n) is 2.96. The molecule has 5 heteroatoms. The van der Waals surface area contributed by atoms with E-state index in [1.54, 1.807) is 18.6 Å². The number of rotatable bonds is 2. The Balaban J connectivity index is 1.94. The van der Waals surface area contributed by atoms with Gasteiger partial charge in [0.2, 0.25) is 5.91 Å². The van der Waals surface area contributed by atoms with Gasteiger partial charge in [-0.05, 0) is 32.2 Å². The predicted molar refractivity (Wildman–Crippen MR) is 66.8 cm³/mol. The number of aromatic nitrogens is 2. The van der Waals surface area contributed by atoms with Crippen LogP contribution in [0.15, 0.2) is 18.6 Å². The minimum Gasteiger partial charge on any atom is -0.341 e. The van der Waals surface area contributed by atoms with Crippen LogP contribution in [-0.4, -0.2) is 40.4 Å². The molecular weight excluding hydrogens is 228 g/mol. The molecule has 1 aromatic rings. The predicted octanol–water partition coefficient (Wildman–Crippen LogP) is 0.678. The Labute approximate surface area is 107 Å². The summed E-state index contributed by atoms with van der Waals surface area (Å²) in [5, 5.41) is 3.37. The fourth-order valence-corrected chi connectivity index (χ4v) is 2.96. The van der Waals surface area contributed by atoms with E-state index in [0.717, 1.165) is 51.0 Å². The van der Waals surface area contributed by atoms with Crippen molar-refractivity contribution in [1.29, 1.82) is 0 Å². The van der Waals surface area contributed by atoms with Gasteiger partial charge in [-0.3, -0.25) is 20.1 Å². The number of hydrogen-bond acceptors (Lipinski definition) is 4. The summed E-state index contributed by atoms with van der Waals surface area (Å²) in [5.41, 5.74) is 0.137. The van der Waals surface area contributed by atoms with Crippen LogP contribution in [0.5, 0.6) is 0 Å². The molecule has 0 radical (unpaired) electrons. The van der Waals surface area contributed by atoms with Crippen LogP contribution in [-0.2, 0) is 10.3 Å². The summed E-state index contributed by atoms with van der Waals surface area (Å²) >= 11 is 0. The van der Waals surface area contributed by atoms with E-state index in [-0.39, 0.29) is 5.91 Å². The highest BCUT2D eigenvalue weighted by atomic mass is 16.2. The molecular formula is C13H18N4O. The smallest absolute Gasteiger partial charge is 0.249 e. The van der Waals surface area contributed by atoms with Gasteiger partial charge in [-0.2, -0.15) is 0 Å². The zero-order chi connectivity index (χ0) is 12.4. The standard InChI is InChI=1S/C13H18N4O/c18-12(17-8-1-2-9-17)13(4-3-5-16-13)11-10-14-6-7-15-11/h6-7,10,16H,1-5,8-9H2. The van der Waals surface area contributed by atoms with Gasteiger partial charge in [0.05, 0.1) is 11.9 Å². The molecule has 2 fully saturated rings. The topological polar surface area (TPSA) is 58.1 Å². The Kier molecular flexibility index (Phi) is 2.99. The van der Waals surface area contributed by atoms with Crippen LogP contribution >= 0.6 is 0 Å². The maximum Gasteiger partial charge on any atom is 0.249 e. The van der Waals surface area contributed by atoms with Crippen molar-refractivity contribution >= 4 is 5.91 Å². The molecule has 18 heavy (non-hydrogen) atoms. The zero-order valence-electron chi connectivity index (χ0n) is 10.4. The normalized spacial score (nSPS) is 27.7. The molecule has 1 atom stereocenters. The number of amides is 1. The molecule has 1 aromatic heterocycles. The quantitative estimate of drug-likeness (QED) is 0.833. The third-order valence-corrected chi connectivity index (χ3v) is 3.91. The SMILES string of the molecule is O=C(N1CCCC1)C1(c2cnccn2)CCCN1. The second-order valence-corrected chi connectivity index (χ2v) is 5.03. The summed E-state index contributed by atoms with van der Waals surface area (Å²) in [6.45, 7) is 2.63. The number of likely N-dealkylation sites (tertiary alicyclic amines) is 1. The Morgan fingerprint density at radius 1 is 1.28 bits per heavy atom. The van der Waals surface area contributed by atoms with Gasteiger partial charge in [-0.25, -0.2) is 0 Å². The van der Waals surface area contributed by atoms with E-state index in [0.29, 0.717) is 0 Å². The van der Waals surface area contributed by atoms with Crippen LogP contribution in [0.4, 0.5) is 0 Å². The summed E-state index contributed by atoms with van der Waals surface area (Å²) < 4.78 is 0. The molecule has 0 aromatic carbocycles. The van der Waals surface area contributed by atoms with E-state index >= 15 is 0 Å². The Morgan fingerprint density at radius 3 is 2.72 bits per heavy atom. The highest BCUT2D eigenvalue weighted by molar-refractivity contribution is 5.87. The first-order valence-electron chi connectivity index (χ1n) is 6.64. The number of nitrogens with one attached hydrogen (secondary N) is 1. The van der Waals surface area contributed by atoms with E-state index in [1.807, 2.05) is 4.90 Å². The van der Waals surface area contributed by atoms with Gasteiger partial charge < -0.3 is 4.90 Å². The molecule has 0 aliphatic carbocycles. The Bertz CT molecular complexity index is 422. The first kappa shape index (κ1) is 11.6. The van der Waals surface area contributed by atoms with Gasteiger partial charge in [-0.1, -0.05) is 0 Å². The van der Waals surface area contributed by atoms with Crippen molar-refractivity contribution in [3.63, 3.8) is 0 Å². The Morgan fingerprint density at radius 2 is 2.11 bits per heavy atom. The van der Waals surface area contributed by atoms with E-state index in [1.165, 1.54) is 0 Å². The second kappa shape index (κ2) is 4.65. The van der Waals surface area contributed by atoms with E-state index < -0.39 is 5.54 Å². The third-order valence-electron chi connectivity index (χ3n) is 3.91. The minimum absolute atomic E-state index is 0.179. The molecule has 2 aliphatic heterocycles. The van der Waals surface area contributed by atoms with Crippen molar-refractivity contribution in [3.8, 4) is 0 Å². The van der Waals surface area contributed by atoms with Crippen LogP contribution in [0.1, 0.15) is 31.4 Å². The lowest BCUT2D eigenvalue weighted by Gasteiger charge is -2.31. The third kappa shape index (κ3) is 1.79. The fraction of sp³-hybridized carbons (Fsp3) is 0.615. The average Bonchev–Trinajstić information content (AvgIpc) is 3.11. The molecule has 5 nitrogen and oxygen atoms in total. The largest absolute Gasteiger partial charge is 0.341 e. The second-order valence-electron chi connectivity index (χ2n) is 5.03. The summed E-state index contributed by atoms with van der Waals surface area (Å²) in [7, 11) is 0. The van der Waals surface area contributed by atoms with Crippen molar-refractivity contribution < 1.29 is 4.79 Å². The number of nitrogens with zero attached hydrogens (tertiary/aromatic N) is 3. The van der Waals surface area contributed by atoms with Crippen molar-refractivity contribution in [3.05, 3.63) is 24.3 Å². The van der Waals surface area contributed by atoms with E-state index in [9.17, 15) is 4.79 Å². The first-order chi connectivity index (χ1) is 8.83. The number of carbonyl (C=O) groups is 1. The molecule has 2 aliphatic rings. The average molecular weight is 246 g/mol. The molecule has 3 heterocycles. The maximum atomic E-state index is 12.8. The number of carbonyl (C=O) groups excluding carboxylic acids is 1. The van der Waals surface area contributed by atoms with Gasteiger partial charge in [0.15, 0.2) is 0 Å². The lowest BCUT2D eigenvalue weighted by molar-refractivity contribution is -0.137. The van der Waals surface area contributed by atoms with Crippen LogP contribution < -0.4 is 5.32 Å². The lowest BCUT2D eigenvalue weighted by Crippen LogP contribution is -2.52. The van der Waals surface area contributed by atoms with Gasteiger partial charge in [0, 0.05) is 25.5 Å². The number of hydrogen-bond donors (Lipinski definition) is 1. The van der Waals surface area contributed by atoms with Crippen LogP contribution in [0.2, 0.25) is 0 Å². The van der Waals surface area contributed by atoms with Gasteiger partial charge in [-0.15, -0.1) is 0 Å². The molecule has 0 spiro atoms. The van der Waals surface area contributed by atoms with Gasteiger partial charge >= 0.3 is 0 Å². The van der Waals surface area contributed by atoms with Gasteiger partial charge in [0.25, 0.3) is 0 Å². The summed E-state index contributed by atoms with van der Waals surface area (Å²) in [6.07, 6.45) is 9.08. The van der Waals surface area contributed by atoms with Crippen molar-refractivity contribution in [2.24, 2.45) is 0 Å². The van der Waals surface area contributed by atoms with Crippen LogP contribution in [0.3, 0.4) is 0 Å². The molecule has 1 amide bonds. The van der Waals surface area contributed by atoms with Crippen molar-refractivity contribution in [2.45, 2.75) is 31.2 Å². The van der Waals surface area contributed by atoms with Crippen molar-refractivity contribution in [2.75, 3.05) is 19.6 Å². The minimum atomic E-state index is -0.626. The monoisotopic (exact) mass is 246 g/mol. The van der Waals surface area contributed by atoms with E-state index in [2.05, 4.69) is 15.3 Å². The molecule has 96 valence electrons. The molecule has 1 unspecified atom stereocenters. The summed E-state index contributed by atoms with van der Waals surface area (Å²) in [5.74, 6) is 0.179. The molecule has 1 N–H and O–H groups in total. The maximum absolute atomic E-state index is 12.8. The van der Waals surface area contributed by atoms with Crippen LogP contribution in [0.25, 0.3) is 0 Å². The first-order valence-corrected chi connectivity index (χ1v) is 6.64. The molecule has 2 saturated heterocycles. The Hall–Kier alpha value is -1.49. The summed E-state index contributed by atoms with van der Waals surface area (Å²) in [6, 6.07) is 0. The van der Waals surface area contributed by atoms with Crippen LogP contribution in [0, 0.1) is 0 Å². The highest BCUT2D eigenvalue weighted by Gasteiger charge is 2.46. The van der Waals surface area contributed by atoms with Crippen molar-refractivity contribution in [1.82, 2.24) is 20.2 Å². The summed E-state index contributed by atoms with van der Waals surface area (Å²) in [4.78, 5) is 23.2. The lowest BCUT2D eigenvalue weighted by atomic mass is 9.91. The van der Waals surface area contributed by atoms with E-state index in [4.69, 9.17) is 0 Å².